The van der Waals surface area contributed by atoms with Gasteiger partial charge in [-0.25, -0.2) is 32.2 Å². The summed E-state index contributed by atoms with van der Waals surface area (Å²) in [7, 11) is -1.82. The van der Waals surface area contributed by atoms with Crippen molar-refractivity contribution in [3.8, 4) is 11.3 Å². The van der Waals surface area contributed by atoms with Crippen molar-refractivity contribution >= 4 is 32.4 Å². The first-order valence-corrected chi connectivity index (χ1v) is 13.0. The Morgan fingerprint density at radius 2 is 2.00 bits per heavy atom. The van der Waals surface area contributed by atoms with Crippen molar-refractivity contribution in [2.45, 2.75) is 36.8 Å². The Labute approximate surface area is 200 Å². The third-order valence-corrected chi connectivity index (χ3v) is 7.03. The van der Waals surface area contributed by atoms with Crippen molar-refractivity contribution in [1.82, 2.24) is 24.1 Å². The van der Waals surface area contributed by atoms with Crippen LogP contribution in [0.15, 0.2) is 47.9 Å². The van der Waals surface area contributed by atoms with Gasteiger partial charge in [0.2, 0.25) is 0 Å². The number of imidazole rings is 2. The summed E-state index contributed by atoms with van der Waals surface area (Å²) >= 11 is 0. The molecule has 12 heteroatoms. The first kappa shape index (κ1) is 23.4. The Hall–Kier alpha value is -3.38. The SMILES string of the molecule is Cn1cnc(-c2ccc(Nc3ccnc4c3nc(C(F)F)n4C3CCCCO3)c(S(C)(=O)=O)c2)c1. The van der Waals surface area contributed by atoms with Crippen LogP contribution in [-0.2, 0) is 21.6 Å². The van der Waals surface area contributed by atoms with Gasteiger partial charge in [0, 0.05) is 37.9 Å². The lowest BCUT2D eigenvalue weighted by Gasteiger charge is -2.25. The van der Waals surface area contributed by atoms with Crippen molar-refractivity contribution in [3.05, 3.63) is 48.8 Å². The largest absolute Gasteiger partial charge is 0.358 e. The summed E-state index contributed by atoms with van der Waals surface area (Å²) in [5.74, 6) is -0.428. The van der Waals surface area contributed by atoms with Gasteiger partial charge in [-0.05, 0) is 37.5 Å². The smallest absolute Gasteiger partial charge is 0.295 e. The highest BCUT2D eigenvalue weighted by atomic mass is 32.2. The van der Waals surface area contributed by atoms with Crippen LogP contribution in [0.1, 0.15) is 37.7 Å². The highest BCUT2D eigenvalue weighted by molar-refractivity contribution is 7.90. The van der Waals surface area contributed by atoms with E-state index in [2.05, 4.69) is 20.3 Å². The molecule has 0 spiro atoms. The number of alkyl halides is 2. The number of aryl methyl sites for hydroxylation is 1. The summed E-state index contributed by atoms with van der Waals surface area (Å²) in [5.41, 5.74) is 2.38. The van der Waals surface area contributed by atoms with Crippen LogP contribution in [0.2, 0.25) is 0 Å². The van der Waals surface area contributed by atoms with Crippen molar-refractivity contribution in [3.63, 3.8) is 0 Å². The number of nitrogens with zero attached hydrogens (tertiary/aromatic N) is 5. The topological polar surface area (TPSA) is 104 Å². The molecule has 0 bridgehead atoms. The second-order valence-corrected chi connectivity index (χ2v) is 10.5. The zero-order chi connectivity index (χ0) is 24.7. The Balaban J connectivity index is 1.60. The summed E-state index contributed by atoms with van der Waals surface area (Å²) in [6.45, 7) is 0.477. The van der Waals surface area contributed by atoms with Gasteiger partial charge in [-0.15, -0.1) is 0 Å². The van der Waals surface area contributed by atoms with Gasteiger partial charge < -0.3 is 14.6 Å². The van der Waals surface area contributed by atoms with Crippen LogP contribution in [0, 0.1) is 0 Å². The summed E-state index contributed by atoms with van der Waals surface area (Å²) in [6.07, 6.45) is 4.90. The highest BCUT2D eigenvalue weighted by Gasteiger charge is 2.28. The number of fused-ring (bicyclic) bond motifs is 1. The number of benzene rings is 1. The molecule has 4 aromatic rings. The van der Waals surface area contributed by atoms with Crippen LogP contribution in [0.5, 0.6) is 0 Å². The van der Waals surface area contributed by atoms with E-state index < -0.39 is 28.3 Å². The van der Waals surface area contributed by atoms with E-state index in [4.69, 9.17) is 4.74 Å². The fraction of sp³-hybridized carbons (Fsp3) is 0.348. The van der Waals surface area contributed by atoms with Gasteiger partial charge in [0.15, 0.2) is 21.3 Å². The van der Waals surface area contributed by atoms with E-state index in [1.807, 2.05) is 7.05 Å². The first-order chi connectivity index (χ1) is 16.7. The summed E-state index contributed by atoms with van der Waals surface area (Å²) in [5, 5.41) is 3.08. The van der Waals surface area contributed by atoms with Crippen molar-refractivity contribution in [1.29, 1.82) is 0 Å². The molecule has 184 valence electrons. The molecule has 0 radical (unpaired) electrons. The van der Waals surface area contributed by atoms with Crippen molar-refractivity contribution in [2.75, 3.05) is 18.2 Å². The average Bonchev–Trinajstić information content (AvgIpc) is 3.44. The van der Waals surface area contributed by atoms with Gasteiger partial charge >= 0.3 is 0 Å². The zero-order valence-electron chi connectivity index (χ0n) is 19.1. The lowest BCUT2D eigenvalue weighted by Crippen LogP contribution is -2.20. The lowest BCUT2D eigenvalue weighted by molar-refractivity contribution is -0.0363. The van der Waals surface area contributed by atoms with Crippen LogP contribution >= 0.6 is 0 Å². The Morgan fingerprint density at radius 1 is 1.17 bits per heavy atom. The number of halogens is 2. The molecule has 5 rings (SSSR count). The number of ether oxygens (including phenoxy) is 1. The average molecular weight is 503 g/mol. The molecular formula is C23H24F2N6O3S. The van der Waals surface area contributed by atoms with E-state index in [1.54, 1.807) is 35.3 Å². The van der Waals surface area contributed by atoms with Crippen LogP contribution < -0.4 is 5.32 Å². The molecule has 1 N–H and O–H groups in total. The van der Waals surface area contributed by atoms with E-state index in [0.717, 1.165) is 19.1 Å². The second-order valence-electron chi connectivity index (χ2n) is 8.53. The number of sulfone groups is 1. The van der Waals surface area contributed by atoms with Crippen LogP contribution in [0.25, 0.3) is 22.4 Å². The van der Waals surface area contributed by atoms with Crippen molar-refractivity contribution < 1.29 is 21.9 Å². The monoisotopic (exact) mass is 502 g/mol. The fourth-order valence-corrected chi connectivity index (χ4v) is 5.13. The van der Waals surface area contributed by atoms with Crippen LogP contribution in [0.4, 0.5) is 20.2 Å². The highest BCUT2D eigenvalue weighted by Crippen LogP contribution is 2.36. The molecular weight excluding hydrogens is 478 g/mol. The van der Waals surface area contributed by atoms with Gasteiger partial charge in [0.25, 0.3) is 6.43 Å². The molecule has 1 saturated heterocycles. The van der Waals surface area contributed by atoms with Gasteiger partial charge in [-0.1, -0.05) is 6.07 Å². The minimum Gasteiger partial charge on any atom is -0.358 e. The quantitative estimate of drug-likeness (QED) is 0.410. The van der Waals surface area contributed by atoms with E-state index >= 15 is 0 Å². The van der Waals surface area contributed by atoms with Gasteiger partial charge in [-0.3, -0.25) is 4.57 Å². The molecule has 1 aliphatic heterocycles. The number of nitrogens with one attached hydrogen (secondary N) is 1. The molecule has 1 fully saturated rings. The maximum atomic E-state index is 13.9. The molecule has 0 aliphatic carbocycles. The van der Waals surface area contributed by atoms with Crippen LogP contribution in [0.3, 0.4) is 0 Å². The molecule has 1 unspecified atom stereocenters. The predicted molar refractivity (Wildman–Crippen MR) is 126 cm³/mol. The Bertz CT molecular complexity index is 1490. The normalized spacial score (nSPS) is 16.8. The third-order valence-electron chi connectivity index (χ3n) is 5.90. The predicted octanol–water partition coefficient (Wildman–Crippen LogP) is 4.62. The molecule has 9 nitrogen and oxygen atoms in total. The fourth-order valence-electron chi connectivity index (χ4n) is 4.27. The van der Waals surface area contributed by atoms with E-state index in [1.165, 1.54) is 16.8 Å². The van der Waals surface area contributed by atoms with Gasteiger partial charge in [0.05, 0.1) is 28.3 Å². The molecule has 1 aliphatic rings. The summed E-state index contributed by atoms with van der Waals surface area (Å²) in [6, 6.07) is 6.49. The second kappa shape index (κ2) is 9.00. The number of hydrogen-bond donors (Lipinski definition) is 1. The maximum Gasteiger partial charge on any atom is 0.295 e. The number of rotatable bonds is 6. The minimum atomic E-state index is -3.64. The number of pyridine rings is 1. The minimum absolute atomic E-state index is 0.0507. The summed E-state index contributed by atoms with van der Waals surface area (Å²) in [4.78, 5) is 12.8. The van der Waals surface area contributed by atoms with E-state index in [0.29, 0.717) is 35.7 Å². The molecule has 0 amide bonds. The third kappa shape index (κ3) is 4.50. The maximum absolute atomic E-state index is 13.9. The molecule has 35 heavy (non-hydrogen) atoms. The molecule has 1 atom stereocenters. The van der Waals surface area contributed by atoms with E-state index in [9.17, 15) is 17.2 Å². The Morgan fingerprint density at radius 3 is 2.66 bits per heavy atom. The molecule has 1 aromatic carbocycles. The molecule has 3 aromatic heterocycles. The van der Waals surface area contributed by atoms with E-state index in [-0.39, 0.29) is 16.1 Å². The Kier molecular flexibility index (Phi) is 6.01. The number of aromatic nitrogens is 5. The number of anilines is 2. The zero-order valence-corrected chi connectivity index (χ0v) is 20.0. The van der Waals surface area contributed by atoms with Gasteiger partial charge in [-0.2, -0.15) is 0 Å². The standard InChI is InChI=1S/C23H24F2N6O3S/c1-30-12-17(27-13-30)14-6-7-15(18(11-14)35(2,32)33)28-16-8-9-26-22-20(16)29-23(21(24)25)31(22)19-5-3-4-10-34-19/h6-9,11-13,19,21H,3-5,10H2,1-2H3,(H,26,28). The van der Waals surface area contributed by atoms with Gasteiger partial charge in [0.1, 0.15) is 11.7 Å². The molecule has 4 heterocycles. The summed E-state index contributed by atoms with van der Waals surface area (Å²) < 4.78 is 62.0. The number of hydrogen-bond acceptors (Lipinski definition) is 7. The molecule has 0 saturated carbocycles. The van der Waals surface area contributed by atoms with Crippen LogP contribution in [-0.4, -0.2) is 45.4 Å². The van der Waals surface area contributed by atoms with Crippen molar-refractivity contribution in [2.24, 2.45) is 7.05 Å². The first-order valence-electron chi connectivity index (χ1n) is 11.1. The lowest BCUT2D eigenvalue weighted by atomic mass is 10.1.